The second-order valence-electron chi connectivity index (χ2n) is 8.08. The summed E-state index contributed by atoms with van der Waals surface area (Å²) in [5, 5.41) is 15.2. The van der Waals surface area contributed by atoms with Crippen LogP contribution < -0.4 is 15.0 Å². The zero-order valence-corrected chi connectivity index (χ0v) is 19.0. The zero-order chi connectivity index (χ0) is 23.9. The SMILES string of the molecule is CCOc1ccccc1N(CC(=O)NC1CCCC1)C(=O)Cn1nnc(-c2ccc(F)cc2)n1. The molecule has 9 nitrogen and oxygen atoms in total. The van der Waals surface area contributed by atoms with Crippen LogP contribution in [0, 0.1) is 5.82 Å². The van der Waals surface area contributed by atoms with E-state index in [0.29, 0.717) is 23.6 Å². The molecule has 1 heterocycles. The predicted octanol–water partition coefficient (Wildman–Crippen LogP) is 2.97. The Morgan fingerprint density at radius 2 is 1.88 bits per heavy atom. The van der Waals surface area contributed by atoms with Gasteiger partial charge in [0.1, 0.15) is 24.7 Å². The highest BCUT2D eigenvalue weighted by atomic mass is 19.1. The molecule has 4 rings (SSSR count). The summed E-state index contributed by atoms with van der Waals surface area (Å²) >= 11 is 0. The number of aromatic nitrogens is 4. The number of carbonyl (C=O) groups excluding carboxylic acids is 2. The van der Waals surface area contributed by atoms with E-state index in [4.69, 9.17) is 4.74 Å². The summed E-state index contributed by atoms with van der Waals surface area (Å²) in [5.74, 6) is -0.216. The minimum Gasteiger partial charge on any atom is -0.492 e. The number of tetrazole rings is 1. The molecule has 10 heteroatoms. The van der Waals surface area contributed by atoms with Crippen LogP contribution in [0.4, 0.5) is 10.1 Å². The largest absolute Gasteiger partial charge is 0.492 e. The van der Waals surface area contributed by atoms with Crippen molar-refractivity contribution in [2.45, 2.75) is 45.2 Å². The van der Waals surface area contributed by atoms with E-state index in [1.54, 1.807) is 18.2 Å². The summed E-state index contributed by atoms with van der Waals surface area (Å²) in [5.41, 5.74) is 1.07. The van der Waals surface area contributed by atoms with Gasteiger partial charge in [0, 0.05) is 11.6 Å². The average Bonchev–Trinajstić information content (AvgIpc) is 3.51. The second kappa shape index (κ2) is 10.9. The molecule has 0 saturated heterocycles. The van der Waals surface area contributed by atoms with Gasteiger partial charge in [0.15, 0.2) is 0 Å². The van der Waals surface area contributed by atoms with Crippen LogP contribution in [0.3, 0.4) is 0 Å². The van der Waals surface area contributed by atoms with Gasteiger partial charge in [-0.25, -0.2) is 4.39 Å². The normalized spacial score (nSPS) is 13.6. The molecule has 34 heavy (non-hydrogen) atoms. The summed E-state index contributed by atoms with van der Waals surface area (Å²) in [7, 11) is 0. The van der Waals surface area contributed by atoms with Crippen LogP contribution in [-0.4, -0.2) is 51.2 Å². The number of anilines is 1. The molecule has 1 aromatic heterocycles. The van der Waals surface area contributed by atoms with Crippen molar-refractivity contribution in [3.05, 3.63) is 54.3 Å². The lowest BCUT2D eigenvalue weighted by Crippen LogP contribution is -2.45. The number of rotatable bonds is 9. The third kappa shape index (κ3) is 5.75. The molecule has 3 aromatic rings. The summed E-state index contributed by atoms with van der Waals surface area (Å²) in [4.78, 5) is 28.7. The van der Waals surface area contributed by atoms with Crippen LogP contribution in [-0.2, 0) is 16.1 Å². The smallest absolute Gasteiger partial charge is 0.251 e. The van der Waals surface area contributed by atoms with Gasteiger partial charge >= 0.3 is 0 Å². The quantitative estimate of drug-likeness (QED) is 0.520. The lowest BCUT2D eigenvalue weighted by Gasteiger charge is -2.25. The van der Waals surface area contributed by atoms with Gasteiger partial charge in [-0.1, -0.05) is 25.0 Å². The highest BCUT2D eigenvalue weighted by Gasteiger charge is 2.25. The van der Waals surface area contributed by atoms with Gasteiger partial charge in [-0.05, 0) is 61.4 Å². The summed E-state index contributed by atoms with van der Waals surface area (Å²) in [6.07, 6.45) is 4.08. The third-order valence-electron chi connectivity index (χ3n) is 5.61. The first-order chi connectivity index (χ1) is 16.5. The number of nitrogens with one attached hydrogen (secondary N) is 1. The summed E-state index contributed by atoms with van der Waals surface area (Å²) in [6, 6.07) is 12.9. The molecular weight excluding hydrogens is 439 g/mol. The van der Waals surface area contributed by atoms with Crippen LogP contribution in [0.2, 0.25) is 0 Å². The standard InChI is InChI=1S/C24H27FN6O3/c1-2-34-21-10-6-5-9-20(21)30(15-22(32)26-19-7-3-4-8-19)23(33)16-31-28-24(27-29-31)17-11-13-18(25)14-12-17/h5-6,9-14,19H,2-4,7-8,15-16H2,1H3,(H,26,32). The summed E-state index contributed by atoms with van der Waals surface area (Å²) in [6.45, 7) is 1.88. The number of carbonyl (C=O) groups is 2. The minimum absolute atomic E-state index is 0.141. The first-order valence-electron chi connectivity index (χ1n) is 11.4. The first kappa shape index (κ1) is 23.3. The lowest BCUT2D eigenvalue weighted by molar-refractivity contribution is -0.124. The molecule has 0 aliphatic heterocycles. The first-order valence-corrected chi connectivity index (χ1v) is 11.4. The Kier molecular flexibility index (Phi) is 7.46. The highest BCUT2D eigenvalue weighted by Crippen LogP contribution is 2.28. The van der Waals surface area contributed by atoms with E-state index in [-0.39, 0.29) is 36.7 Å². The van der Waals surface area contributed by atoms with E-state index in [9.17, 15) is 14.0 Å². The van der Waals surface area contributed by atoms with E-state index in [1.807, 2.05) is 13.0 Å². The van der Waals surface area contributed by atoms with Crippen molar-refractivity contribution in [2.24, 2.45) is 0 Å². The van der Waals surface area contributed by atoms with Crippen molar-refractivity contribution in [1.29, 1.82) is 0 Å². The fourth-order valence-electron chi connectivity index (χ4n) is 3.98. The van der Waals surface area contributed by atoms with Gasteiger partial charge in [-0.3, -0.25) is 14.5 Å². The number of hydrogen-bond donors (Lipinski definition) is 1. The van der Waals surface area contributed by atoms with Gasteiger partial charge in [-0.15, -0.1) is 10.2 Å². The lowest BCUT2D eigenvalue weighted by atomic mass is 10.2. The zero-order valence-electron chi connectivity index (χ0n) is 19.0. The fourth-order valence-corrected chi connectivity index (χ4v) is 3.98. The fraction of sp³-hybridized carbons (Fsp3) is 0.375. The molecule has 2 amide bonds. The Labute approximate surface area is 196 Å². The number of ether oxygens (including phenoxy) is 1. The number of amides is 2. The van der Waals surface area contributed by atoms with Crippen LogP contribution in [0.25, 0.3) is 11.4 Å². The van der Waals surface area contributed by atoms with Crippen LogP contribution in [0.1, 0.15) is 32.6 Å². The monoisotopic (exact) mass is 466 g/mol. The van der Waals surface area contributed by atoms with Gasteiger partial charge in [0.25, 0.3) is 5.91 Å². The molecule has 0 unspecified atom stereocenters. The van der Waals surface area contributed by atoms with E-state index >= 15 is 0 Å². The van der Waals surface area contributed by atoms with Crippen molar-refractivity contribution >= 4 is 17.5 Å². The maximum Gasteiger partial charge on any atom is 0.251 e. The molecule has 1 fully saturated rings. The van der Waals surface area contributed by atoms with E-state index in [1.165, 1.54) is 29.2 Å². The van der Waals surface area contributed by atoms with Gasteiger partial charge in [-0.2, -0.15) is 4.80 Å². The van der Waals surface area contributed by atoms with Gasteiger partial charge in [0.05, 0.1) is 12.3 Å². The Morgan fingerprint density at radius 3 is 2.62 bits per heavy atom. The Morgan fingerprint density at radius 1 is 1.15 bits per heavy atom. The maximum absolute atomic E-state index is 13.3. The molecule has 0 radical (unpaired) electrons. The average molecular weight is 467 g/mol. The van der Waals surface area contributed by atoms with E-state index in [0.717, 1.165) is 30.5 Å². The van der Waals surface area contributed by atoms with E-state index < -0.39 is 5.91 Å². The van der Waals surface area contributed by atoms with Crippen LogP contribution in [0.15, 0.2) is 48.5 Å². The minimum atomic E-state index is -0.392. The molecule has 0 bridgehead atoms. The van der Waals surface area contributed by atoms with E-state index in [2.05, 4.69) is 20.7 Å². The van der Waals surface area contributed by atoms with Crippen molar-refractivity contribution in [3.63, 3.8) is 0 Å². The molecule has 2 aromatic carbocycles. The predicted molar refractivity (Wildman–Crippen MR) is 124 cm³/mol. The van der Waals surface area contributed by atoms with Gasteiger partial charge < -0.3 is 10.1 Å². The molecule has 1 N–H and O–H groups in total. The molecule has 0 atom stereocenters. The molecule has 1 aliphatic rings. The van der Waals surface area contributed by atoms with Crippen molar-refractivity contribution in [2.75, 3.05) is 18.1 Å². The molecular formula is C24H27FN6O3. The Balaban J connectivity index is 1.53. The molecule has 0 spiro atoms. The Bertz CT molecular complexity index is 1130. The Hall–Kier alpha value is -3.82. The van der Waals surface area contributed by atoms with Crippen molar-refractivity contribution < 1.29 is 18.7 Å². The molecule has 1 aliphatic carbocycles. The number of halogens is 1. The number of hydrogen-bond acceptors (Lipinski definition) is 6. The number of nitrogens with zero attached hydrogens (tertiary/aromatic N) is 5. The number of benzene rings is 2. The highest BCUT2D eigenvalue weighted by molar-refractivity contribution is 5.99. The summed E-state index contributed by atoms with van der Waals surface area (Å²) < 4.78 is 18.9. The second-order valence-corrected chi connectivity index (χ2v) is 8.08. The van der Waals surface area contributed by atoms with Crippen molar-refractivity contribution in [3.8, 4) is 17.1 Å². The third-order valence-corrected chi connectivity index (χ3v) is 5.61. The van der Waals surface area contributed by atoms with Crippen molar-refractivity contribution in [1.82, 2.24) is 25.5 Å². The number of para-hydroxylation sites is 2. The van der Waals surface area contributed by atoms with Gasteiger partial charge in [0.2, 0.25) is 11.7 Å². The molecule has 178 valence electrons. The van der Waals surface area contributed by atoms with Crippen LogP contribution in [0.5, 0.6) is 5.75 Å². The topological polar surface area (TPSA) is 102 Å². The maximum atomic E-state index is 13.3. The van der Waals surface area contributed by atoms with Crippen LogP contribution >= 0.6 is 0 Å². The molecule has 1 saturated carbocycles.